The number of benzene rings is 2. The van der Waals surface area contributed by atoms with Crippen molar-refractivity contribution in [1.82, 2.24) is 20.4 Å². The van der Waals surface area contributed by atoms with Crippen molar-refractivity contribution in [3.63, 3.8) is 0 Å². The summed E-state index contributed by atoms with van der Waals surface area (Å²) in [7, 11) is 0. The largest absolute Gasteiger partial charge is 0.416 e. The zero-order chi connectivity index (χ0) is 26.7. The van der Waals surface area contributed by atoms with Crippen molar-refractivity contribution < 1.29 is 33.0 Å². The molecule has 2 amide bonds. The Bertz CT molecular complexity index is 1220. The Labute approximate surface area is 206 Å². The number of carbonyl (C=O) groups is 2. The van der Waals surface area contributed by atoms with Gasteiger partial charge in [-0.3, -0.25) is 14.3 Å². The molecule has 0 saturated heterocycles. The van der Waals surface area contributed by atoms with Crippen molar-refractivity contribution in [3.8, 4) is 0 Å². The van der Waals surface area contributed by atoms with Crippen LogP contribution in [0.2, 0.25) is 0 Å². The highest BCUT2D eigenvalue weighted by molar-refractivity contribution is 6.06. The van der Waals surface area contributed by atoms with Crippen molar-refractivity contribution in [1.29, 1.82) is 0 Å². The van der Waals surface area contributed by atoms with Crippen LogP contribution >= 0.6 is 0 Å². The van der Waals surface area contributed by atoms with Crippen LogP contribution in [-0.2, 0) is 17.5 Å². The third kappa shape index (κ3) is 6.41. The van der Waals surface area contributed by atoms with Crippen molar-refractivity contribution in [2.45, 2.75) is 45.6 Å². The van der Waals surface area contributed by atoms with Gasteiger partial charge in [-0.15, -0.1) is 0 Å². The minimum atomic E-state index is -4.44. The summed E-state index contributed by atoms with van der Waals surface area (Å²) in [6.45, 7) is 4.73. The molecule has 1 heterocycles. The van der Waals surface area contributed by atoms with E-state index < -0.39 is 47.7 Å². The van der Waals surface area contributed by atoms with E-state index in [9.17, 15) is 27.9 Å². The van der Waals surface area contributed by atoms with Crippen LogP contribution in [-0.4, -0.2) is 57.1 Å². The van der Waals surface area contributed by atoms with Gasteiger partial charge in [0.25, 0.3) is 5.91 Å². The first-order valence-electron chi connectivity index (χ1n) is 11.3. The van der Waals surface area contributed by atoms with Crippen LogP contribution in [0.25, 0.3) is 10.9 Å². The standard InChI is InChI=1S/C25H29F3N4O4/c1-24(2,3)21(23(36)29-12-17(34)14-33)30-22(35)20-18-6-4-5-7-19(18)32(31-20)13-15-8-10-16(11-9-15)25(26,27)28/h4-11,17,21,33-34H,12-14H2,1-3H3,(H,29,36)(H,30,35)/t17-,21+/m0/s1. The van der Waals surface area contributed by atoms with Crippen molar-refractivity contribution in [2.24, 2.45) is 5.41 Å². The Morgan fingerprint density at radius 2 is 1.69 bits per heavy atom. The summed E-state index contributed by atoms with van der Waals surface area (Å²) < 4.78 is 40.2. The maximum atomic E-state index is 13.3. The van der Waals surface area contributed by atoms with Crippen molar-refractivity contribution in [3.05, 3.63) is 65.4 Å². The van der Waals surface area contributed by atoms with Gasteiger partial charge in [-0.25, -0.2) is 0 Å². The molecule has 0 spiro atoms. The zero-order valence-electron chi connectivity index (χ0n) is 20.1. The Morgan fingerprint density at radius 3 is 2.28 bits per heavy atom. The number of aliphatic hydroxyl groups excluding tert-OH is 2. The molecule has 2 aromatic carbocycles. The van der Waals surface area contributed by atoms with Gasteiger partial charge in [-0.05, 0) is 29.2 Å². The molecule has 0 unspecified atom stereocenters. The SMILES string of the molecule is CC(C)(C)[C@H](NC(=O)c1nn(Cc2ccc(C(F)(F)F)cc2)c2ccccc12)C(=O)NC[C@H](O)CO. The van der Waals surface area contributed by atoms with Crippen LogP contribution in [0.15, 0.2) is 48.5 Å². The predicted octanol–water partition coefficient (Wildman–Crippen LogP) is 2.72. The summed E-state index contributed by atoms with van der Waals surface area (Å²) in [6.07, 6.45) is -5.57. The Morgan fingerprint density at radius 1 is 1.06 bits per heavy atom. The van der Waals surface area contributed by atoms with E-state index in [4.69, 9.17) is 5.11 Å². The number of amides is 2. The number of fused-ring (bicyclic) bond motifs is 1. The number of alkyl halides is 3. The number of carbonyl (C=O) groups excluding carboxylic acids is 2. The molecule has 0 aliphatic heterocycles. The maximum absolute atomic E-state index is 13.3. The first kappa shape index (κ1) is 27.2. The average Bonchev–Trinajstić information content (AvgIpc) is 3.18. The fourth-order valence-electron chi connectivity index (χ4n) is 3.65. The predicted molar refractivity (Wildman–Crippen MR) is 127 cm³/mol. The van der Waals surface area contributed by atoms with Gasteiger partial charge < -0.3 is 20.8 Å². The smallest absolute Gasteiger partial charge is 0.394 e. The van der Waals surface area contributed by atoms with E-state index in [1.165, 1.54) is 16.8 Å². The van der Waals surface area contributed by atoms with E-state index in [0.717, 1.165) is 12.1 Å². The van der Waals surface area contributed by atoms with E-state index in [-0.39, 0.29) is 18.8 Å². The highest BCUT2D eigenvalue weighted by atomic mass is 19.4. The highest BCUT2D eigenvalue weighted by Gasteiger charge is 2.34. The van der Waals surface area contributed by atoms with Gasteiger partial charge in [0.1, 0.15) is 6.04 Å². The molecular weight excluding hydrogens is 477 g/mol. The number of hydrogen-bond donors (Lipinski definition) is 4. The lowest BCUT2D eigenvalue weighted by Crippen LogP contribution is -2.54. The van der Waals surface area contributed by atoms with E-state index in [0.29, 0.717) is 16.5 Å². The van der Waals surface area contributed by atoms with E-state index in [1.54, 1.807) is 45.0 Å². The van der Waals surface area contributed by atoms with Gasteiger partial charge in [0, 0.05) is 11.9 Å². The first-order chi connectivity index (χ1) is 16.8. The second-order valence-corrected chi connectivity index (χ2v) is 9.57. The fraction of sp³-hybridized carbons (Fsp3) is 0.400. The molecule has 0 radical (unpaired) electrons. The number of hydrogen-bond acceptors (Lipinski definition) is 5. The number of para-hydroxylation sites is 1. The normalized spacial score (nSPS) is 13.9. The summed E-state index contributed by atoms with van der Waals surface area (Å²) in [5.41, 5.74) is -0.213. The molecule has 1 aromatic heterocycles. The van der Waals surface area contributed by atoms with E-state index in [1.807, 2.05) is 0 Å². The average molecular weight is 507 g/mol. The summed E-state index contributed by atoms with van der Waals surface area (Å²) in [5, 5.41) is 28.7. The van der Waals surface area contributed by atoms with Crippen molar-refractivity contribution in [2.75, 3.05) is 13.2 Å². The van der Waals surface area contributed by atoms with Gasteiger partial charge in [-0.2, -0.15) is 18.3 Å². The molecule has 3 rings (SSSR count). The molecule has 4 N–H and O–H groups in total. The lowest BCUT2D eigenvalue weighted by Gasteiger charge is -2.30. The molecule has 2 atom stereocenters. The molecule has 36 heavy (non-hydrogen) atoms. The van der Waals surface area contributed by atoms with Crippen LogP contribution in [0.3, 0.4) is 0 Å². The van der Waals surface area contributed by atoms with E-state index >= 15 is 0 Å². The van der Waals surface area contributed by atoms with Gasteiger partial charge in [-0.1, -0.05) is 51.1 Å². The highest BCUT2D eigenvalue weighted by Crippen LogP contribution is 2.29. The Balaban J connectivity index is 1.87. The molecule has 0 fully saturated rings. The zero-order valence-corrected chi connectivity index (χ0v) is 20.1. The third-order valence-electron chi connectivity index (χ3n) is 5.61. The van der Waals surface area contributed by atoms with Crippen LogP contribution in [0.4, 0.5) is 13.2 Å². The first-order valence-corrected chi connectivity index (χ1v) is 11.3. The van der Waals surface area contributed by atoms with Crippen molar-refractivity contribution >= 4 is 22.7 Å². The second kappa shape index (κ2) is 10.7. The summed E-state index contributed by atoms with van der Waals surface area (Å²) in [5.74, 6) is -1.13. The molecule has 11 heteroatoms. The number of nitrogens with one attached hydrogen (secondary N) is 2. The molecule has 3 aromatic rings. The van der Waals surface area contributed by atoms with Crippen LogP contribution in [0.5, 0.6) is 0 Å². The Hall–Kier alpha value is -3.44. The number of aromatic nitrogens is 2. The topological polar surface area (TPSA) is 116 Å². The molecule has 8 nitrogen and oxygen atoms in total. The molecular formula is C25H29F3N4O4. The molecule has 194 valence electrons. The molecule has 0 saturated carbocycles. The monoisotopic (exact) mass is 506 g/mol. The van der Waals surface area contributed by atoms with Gasteiger partial charge in [0.15, 0.2) is 5.69 Å². The lowest BCUT2D eigenvalue weighted by atomic mass is 9.86. The maximum Gasteiger partial charge on any atom is 0.416 e. The lowest BCUT2D eigenvalue weighted by molar-refractivity contribution is -0.137. The van der Waals surface area contributed by atoms with E-state index in [2.05, 4.69) is 15.7 Å². The minimum Gasteiger partial charge on any atom is -0.394 e. The summed E-state index contributed by atoms with van der Waals surface area (Å²) in [6, 6.07) is 10.7. The van der Waals surface area contributed by atoms with Crippen LogP contribution in [0.1, 0.15) is 42.4 Å². The minimum absolute atomic E-state index is 0.0648. The quantitative estimate of drug-likeness (QED) is 0.375. The third-order valence-corrected chi connectivity index (χ3v) is 5.61. The van der Waals surface area contributed by atoms with Crippen LogP contribution < -0.4 is 10.6 Å². The summed E-state index contributed by atoms with van der Waals surface area (Å²) in [4.78, 5) is 26.0. The van der Waals surface area contributed by atoms with Gasteiger partial charge >= 0.3 is 6.18 Å². The fourth-order valence-corrected chi connectivity index (χ4v) is 3.65. The number of aliphatic hydroxyl groups is 2. The Kier molecular flexibility index (Phi) is 8.05. The number of nitrogens with zero attached hydrogens (tertiary/aromatic N) is 2. The number of halogens is 3. The van der Waals surface area contributed by atoms with Gasteiger partial charge in [0.05, 0.1) is 30.3 Å². The molecule has 0 bridgehead atoms. The summed E-state index contributed by atoms with van der Waals surface area (Å²) >= 11 is 0. The number of rotatable bonds is 8. The van der Waals surface area contributed by atoms with Crippen LogP contribution in [0, 0.1) is 5.41 Å². The second-order valence-electron chi connectivity index (χ2n) is 9.57. The molecule has 0 aliphatic carbocycles. The van der Waals surface area contributed by atoms with Gasteiger partial charge in [0.2, 0.25) is 5.91 Å². The molecule has 0 aliphatic rings.